The molecule has 0 bridgehead atoms. The number of halogens is 3. The Balaban J connectivity index is 3.50. The van der Waals surface area contributed by atoms with Crippen LogP contribution >= 0.6 is 15.9 Å². The van der Waals surface area contributed by atoms with Crippen LogP contribution in [-0.4, -0.2) is 9.91 Å². The van der Waals surface area contributed by atoms with E-state index < -0.39 is 22.6 Å². The average Bonchev–Trinajstić information content (AvgIpc) is 2.07. The first-order chi connectivity index (χ1) is 6.45. The van der Waals surface area contributed by atoms with E-state index in [0.717, 1.165) is 0 Å². The quantitative estimate of drug-likeness (QED) is 0.470. The van der Waals surface area contributed by atoms with Gasteiger partial charge in [-0.05, 0) is 28.4 Å². The molecule has 1 aromatic heterocycles. The Labute approximate surface area is 86.2 Å². The van der Waals surface area contributed by atoms with Gasteiger partial charge in [0.15, 0.2) is 4.60 Å². The maximum Gasteiger partial charge on any atom is 0.311 e. The van der Waals surface area contributed by atoms with Gasteiger partial charge in [0, 0.05) is 6.20 Å². The summed E-state index contributed by atoms with van der Waals surface area (Å²) in [6.45, 7) is 1.36. The minimum Gasteiger partial charge on any atom is -0.258 e. The highest BCUT2D eigenvalue weighted by Crippen LogP contribution is 2.35. The van der Waals surface area contributed by atoms with Crippen molar-refractivity contribution in [2.75, 3.05) is 0 Å². The van der Waals surface area contributed by atoms with Crippen molar-refractivity contribution >= 4 is 21.6 Å². The molecule has 76 valence electrons. The third-order valence-electron chi connectivity index (χ3n) is 1.65. The van der Waals surface area contributed by atoms with Crippen LogP contribution in [0.4, 0.5) is 14.5 Å². The van der Waals surface area contributed by atoms with Crippen LogP contribution in [0.3, 0.4) is 0 Å². The maximum atomic E-state index is 12.5. The highest BCUT2D eigenvalue weighted by molar-refractivity contribution is 9.10. The van der Waals surface area contributed by atoms with E-state index in [4.69, 9.17) is 0 Å². The summed E-state index contributed by atoms with van der Waals surface area (Å²) >= 11 is 2.76. The Morgan fingerprint density at radius 1 is 1.64 bits per heavy atom. The van der Waals surface area contributed by atoms with Crippen molar-refractivity contribution < 1.29 is 13.7 Å². The largest absolute Gasteiger partial charge is 0.311 e. The minimum absolute atomic E-state index is 0.106. The smallest absolute Gasteiger partial charge is 0.258 e. The minimum atomic E-state index is -2.88. The molecule has 0 atom stereocenters. The Morgan fingerprint density at radius 3 is 2.57 bits per heavy atom. The second-order valence-electron chi connectivity index (χ2n) is 2.55. The number of alkyl halides is 2. The fraction of sp³-hybridized carbons (Fsp3) is 0.286. The van der Waals surface area contributed by atoms with Crippen molar-refractivity contribution in [2.24, 2.45) is 0 Å². The molecule has 0 fully saturated rings. The zero-order valence-corrected chi connectivity index (χ0v) is 8.59. The van der Waals surface area contributed by atoms with E-state index in [1.165, 1.54) is 13.1 Å². The average molecular weight is 267 g/mol. The Bertz CT molecular complexity index is 384. The van der Waals surface area contributed by atoms with Gasteiger partial charge in [0.1, 0.15) is 5.56 Å². The predicted octanol–water partition coefficient (Wildman–Crippen LogP) is 3.00. The van der Waals surface area contributed by atoms with Crippen LogP contribution < -0.4 is 0 Å². The summed E-state index contributed by atoms with van der Waals surface area (Å²) in [4.78, 5) is 13.2. The number of hydrogen-bond donors (Lipinski definition) is 0. The molecule has 0 spiro atoms. The van der Waals surface area contributed by atoms with E-state index in [1.54, 1.807) is 0 Å². The van der Waals surface area contributed by atoms with Crippen LogP contribution in [0, 0.1) is 17.0 Å². The molecule has 4 nitrogen and oxygen atoms in total. The van der Waals surface area contributed by atoms with Crippen molar-refractivity contribution in [2.45, 2.75) is 13.3 Å². The molecule has 0 radical (unpaired) electrons. The molecule has 14 heavy (non-hydrogen) atoms. The van der Waals surface area contributed by atoms with Gasteiger partial charge in [0.05, 0.1) is 4.92 Å². The molecule has 0 saturated carbocycles. The SMILES string of the molecule is Cc1cnc(Br)c([N+](=O)[O-])c1C(F)F. The van der Waals surface area contributed by atoms with Crippen molar-refractivity contribution in [3.8, 4) is 0 Å². The molecular weight excluding hydrogens is 262 g/mol. The summed E-state index contributed by atoms with van der Waals surface area (Å²) in [5.74, 6) is 0. The number of rotatable bonds is 2. The molecule has 0 unspecified atom stereocenters. The number of aryl methyl sites for hydroxylation is 1. The van der Waals surface area contributed by atoms with Crippen LogP contribution in [0.25, 0.3) is 0 Å². The normalized spacial score (nSPS) is 10.6. The van der Waals surface area contributed by atoms with E-state index in [1.807, 2.05) is 0 Å². The summed E-state index contributed by atoms with van der Waals surface area (Å²) in [7, 11) is 0. The first-order valence-electron chi connectivity index (χ1n) is 3.52. The monoisotopic (exact) mass is 266 g/mol. The molecule has 0 saturated heterocycles. The van der Waals surface area contributed by atoms with E-state index in [0.29, 0.717) is 0 Å². The molecule has 0 aromatic carbocycles. The molecule has 0 amide bonds. The molecule has 0 N–H and O–H groups in total. The van der Waals surface area contributed by atoms with Crippen molar-refractivity contribution in [3.63, 3.8) is 0 Å². The number of hydrogen-bond acceptors (Lipinski definition) is 3. The highest BCUT2D eigenvalue weighted by atomic mass is 79.9. The summed E-state index contributed by atoms with van der Waals surface area (Å²) in [5, 5.41) is 10.5. The maximum absolute atomic E-state index is 12.5. The summed E-state index contributed by atoms with van der Waals surface area (Å²) in [5.41, 5.74) is -1.15. The van der Waals surface area contributed by atoms with Gasteiger partial charge < -0.3 is 0 Å². The number of nitro groups is 1. The highest BCUT2D eigenvalue weighted by Gasteiger charge is 2.27. The lowest BCUT2D eigenvalue weighted by molar-refractivity contribution is -0.387. The third-order valence-corrected chi connectivity index (χ3v) is 2.23. The van der Waals surface area contributed by atoms with Gasteiger partial charge in [0.2, 0.25) is 0 Å². The van der Waals surface area contributed by atoms with Crippen molar-refractivity contribution in [1.29, 1.82) is 0 Å². The second kappa shape index (κ2) is 3.95. The van der Waals surface area contributed by atoms with Crippen LogP contribution in [-0.2, 0) is 0 Å². The molecule has 0 aliphatic heterocycles. The van der Waals surface area contributed by atoms with Gasteiger partial charge in [0.25, 0.3) is 6.43 Å². The lowest BCUT2D eigenvalue weighted by Gasteiger charge is -2.05. The van der Waals surface area contributed by atoms with Gasteiger partial charge in [-0.3, -0.25) is 10.1 Å². The standard InChI is InChI=1S/C7H5BrF2N2O2/c1-3-2-11-6(8)5(12(13)14)4(3)7(9)10/h2,7H,1H3. The number of aromatic nitrogens is 1. The fourth-order valence-corrected chi connectivity index (χ4v) is 1.49. The number of nitrogens with zero attached hydrogens (tertiary/aromatic N) is 2. The molecule has 1 aromatic rings. The van der Waals surface area contributed by atoms with Gasteiger partial charge >= 0.3 is 5.69 Å². The van der Waals surface area contributed by atoms with Crippen LogP contribution in [0.15, 0.2) is 10.8 Å². The molecule has 7 heteroatoms. The van der Waals surface area contributed by atoms with Gasteiger partial charge in [-0.25, -0.2) is 13.8 Å². The zero-order valence-electron chi connectivity index (χ0n) is 7.00. The van der Waals surface area contributed by atoms with Crippen LogP contribution in [0.1, 0.15) is 17.6 Å². The van der Waals surface area contributed by atoms with E-state index in [2.05, 4.69) is 20.9 Å². The first-order valence-corrected chi connectivity index (χ1v) is 4.32. The zero-order chi connectivity index (χ0) is 10.9. The molecule has 0 aliphatic rings. The fourth-order valence-electron chi connectivity index (χ4n) is 1.03. The van der Waals surface area contributed by atoms with E-state index in [-0.39, 0.29) is 10.2 Å². The molecule has 1 rings (SSSR count). The Kier molecular flexibility index (Phi) is 3.10. The molecule has 1 heterocycles. The summed E-state index contributed by atoms with van der Waals surface area (Å²) in [6, 6.07) is 0. The topological polar surface area (TPSA) is 56.0 Å². The Morgan fingerprint density at radius 2 is 2.21 bits per heavy atom. The van der Waals surface area contributed by atoms with Gasteiger partial charge in [-0.1, -0.05) is 0 Å². The lowest BCUT2D eigenvalue weighted by atomic mass is 10.1. The lowest BCUT2D eigenvalue weighted by Crippen LogP contribution is -2.01. The van der Waals surface area contributed by atoms with Crippen molar-refractivity contribution in [3.05, 3.63) is 32.0 Å². The molecule has 0 aliphatic carbocycles. The third kappa shape index (κ3) is 1.87. The van der Waals surface area contributed by atoms with Crippen LogP contribution in [0.5, 0.6) is 0 Å². The van der Waals surface area contributed by atoms with E-state index >= 15 is 0 Å². The van der Waals surface area contributed by atoms with Gasteiger partial charge in [-0.15, -0.1) is 0 Å². The molecular formula is C7H5BrF2N2O2. The summed E-state index contributed by atoms with van der Waals surface area (Å²) < 4.78 is 24.8. The van der Waals surface area contributed by atoms with Gasteiger partial charge in [-0.2, -0.15) is 0 Å². The second-order valence-corrected chi connectivity index (χ2v) is 3.30. The first kappa shape index (κ1) is 11.0. The van der Waals surface area contributed by atoms with Crippen LogP contribution in [0.2, 0.25) is 0 Å². The summed E-state index contributed by atoms with van der Waals surface area (Å²) in [6.07, 6.45) is -1.71. The Hall–Kier alpha value is -1.11. The van der Waals surface area contributed by atoms with Crippen molar-refractivity contribution in [1.82, 2.24) is 4.98 Å². The predicted molar refractivity (Wildman–Crippen MR) is 48.3 cm³/mol. The van der Waals surface area contributed by atoms with E-state index in [9.17, 15) is 18.9 Å². The number of pyridine rings is 1.